The Morgan fingerprint density at radius 2 is 2.00 bits per heavy atom. The molecule has 3 aromatic rings. The van der Waals surface area contributed by atoms with Gasteiger partial charge in [-0.15, -0.1) is 0 Å². The molecular weight excluding hydrogens is 444 g/mol. The van der Waals surface area contributed by atoms with Crippen LogP contribution in [0.3, 0.4) is 0 Å². The Hall–Kier alpha value is -2.52. The lowest BCUT2D eigenvalue weighted by Crippen LogP contribution is -2.44. The number of nitrogens with zero attached hydrogens (tertiary/aromatic N) is 3. The quantitative estimate of drug-likeness (QED) is 0.591. The molecule has 0 saturated carbocycles. The van der Waals surface area contributed by atoms with E-state index in [1.807, 2.05) is 13.8 Å². The summed E-state index contributed by atoms with van der Waals surface area (Å²) in [6, 6.07) is 7.16. The van der Waals surface area contributed by atoms with Gasteiger partial charge in [-0.25, -0.2) is 18.4 Å². The lowest BCUT2D eigenvalue weighted by atomic mass is 9.95. The standard InChI is InChI=1S/C23H28N4O3S2/c1-15(12-17-8-11-31-14-17)24-22(28)18-6-9-27(10-7-18)23-25-16(2)20-5-4-19(32(3,29)30)13-21(20)26-23/h4-5,8,11,13-15,18H,6-7,9-10,12H2,1-3H3,(H,24,28)/t15-/m1/s1. The minimum Gasteiger partial charge on any atom is -0.353 e. The largest absolute Gasteiger partial charge is 0.353 e. The molecule has 0 radical (unpaired) electrons. The van der Waals surface area contributed by atoms with Crippen LogP contribution in [0.25, 0.3) is 10.9 Å². The number of aryl methyl sites for hydroxylation is 1. The van der Waals surface area contributed by atoms with Crippen molar-refractivity contribution in [2.75, 3.05) is 24.2 Å². The van der Waals surface area contributed by atoms with Gasteiger partial charge in [0, 0.05) is 36.7 Å². The summed E-state index contributed by atoms with van der Waals surface area (Å²) in [4.78, 5) is 24.3. The van der Waals surface area contributed by atoms with Crippen LogP contribution >= 0.6 is 11.3 Å². The molecule has 170 valence electrons. The van der Waals surface area contributed by atoms with Crippen molar-refractivity contribution < 1.29 is 13.2 Å². The molecule has 0 spiro atoms. The monoisotopic (exact) mass is 472 g/mol. The van der Waals surface area contributed by atoms with Crippen LogP contribution in [0.5, 0.6) is 0 Å². The fourth-order valence-electron chi connectivity index (χ4n) is 4.14. The van der Waals surface area contributed by atoms with E-state index in [2.05, 4.69) is 37.0 Å². The summed E-state index contributed by atoms with van der Waals surface area (Å²) in [7, 11) is -3.31. The Morgan fingerprint density at radius 3 is 2.66 bits per heavy atom. The highest BCUT2D eigenvalue weighted by atomic mass is 32.2. The number of nitrogens with one attached hydrogen (secondary N) is 1. The highest BCUT2D eigenvalue weighted by molar-refractivity contribution is 7.90. The molecule has 3 heterocycles. The van der Waals surface area contributed by atoms with Crippen molar-refractivity contribution >= 4 is 43.9 Å². The van der Waals surface area contributed by atoms with E-state index in [1.165, 1.54) is 11.8 Å². The van der Waals surface area contributed by atoms with Gasteiger partial charge in [0.1, 0.15) is 0 Å². The average molecular weight is 473 g/mol. The second-order valence-electron chi connectivity index (χ2n) is 8.57. The van der Waals surface area contributed by atoms with E-state index in [1.54, 1.807) is 29.5 Å². The summed E-state index contributed by atoms with van der Waals surface area (Å²) in [5.41, 5.74) is 2.69. The molecule has 32 heavy (non-hydrogen) atoms. The van der Waals surface area contributed by atoms with E-state index in [9.17, 15) is 13.2 Å². The minimum atomic E-state index is -3.31. The summed E-state index contributed by atoms with van der Waals surface area (Å²) < 4.78 is 23.8. The zero-order valence-corrected chi connectivity index (χ0v) is 20.2. The number of amides is 1. The number of fused-ring (bicyclic) bond motifs is 1. The van der Waals surface area contributed by atoms with E-state index < -0.39 is 9.84 Å². The first-order valence-corrected chi connectivity index (χ1v) is 13.6. The number of aromatic nitrogens is 2. The number of carbonyl (C=O) groups excluding carboxylic acids is 1. The Balaban J connectivity index is 1.41. The molecule has 9 heteroatoms. The summed E-state index contributed by atoms with van der Waals surface area (Å²) in [6.07, 6.45) is 3.51. The maximum absolute atomic E-state index is 12.7. The van der Waals surface area contributed by atoms with E-state index >= 15 is 0 Å². The maximum Gasteiger partial charge on any atom is 0.226 e. The number of benzene rings is 1. The van der Waals surface area contributed by atoms with E-state index in [-0.39, 0.29) is 22.8 Å². The molecule has 0 unspecified atom stereocenters. The summed E-state index contributed by atoms with van der Waals surface area (Å²) in [6.45, 7) is 5.32. The van der Waals surface area contributed by atoms with Crippen LogP contribution in [0.15, 0.2) is 39.9 Å². The molecule has 4 rings (SSSR count). The third-order valence-corrected chi connectivity index (χ3v) is 7.78. The number of piperidine rings is 1. The molecule has 1 aromatic carbocycles. The second-order valence-corrected chi connectivity index (χ2v) is 11.4. The third kappa shape index (κ3) is 5.10. The van der Waals surface area contributed by atoms with Gasteiger partial charge in [-0.1, -0.05) is 0 Å². The number of sulfone groups is 1. The Bertz CT molecular complexity index is 1220. The molecule has 0 aliphatic carbocycles. The van der Waals surface area contributed by atoms with Crippen LogP contribution in [0.4, 0.5) is 5.95 Å². The molecule has 1 aliphatic rings. The topological polar surface area (TPSA) is 92.3 Å². The summed E-state index contributed by atoms with van der Waals surface area (Å²) in [5, 5.41) is 8.17. The molecule has 2 aromatic heterocycles. The van der Waals surface area contributed by atoms with Crippen LogP contribution in [0.1, 0.15) is 31.0 Å². The highest BCUT2D eigenvalue weighted by Gasteiger charge is 2.27. The van der Waals surface area contributed by atoms with Gasteiger partial charge in [-0.05, 0) is 73.7 Å². The predicted molar refractivity (Wildman–Crippen MR) is 128 cm³/mol. The van der Waals surface area contributed by atoms with Gasteiger partial charge in [0.2, 0.25) is 11.9 Å². The number of anilines is 1. The van der Waals surface area contributed by atoms with Crippen molar-refractivity contribution in [3.8, 4) is 0 Å². The van der Waals surface area contributed by atoms with Crippen LogP contribution in [0.2, 0.25) is 0 Å². The number of thiophene rings is 1. The molecule has 7 nitrogen and oxygen atoms in total. The highest BCUT2D eigenvalue weighted by Crippen LogP contribution is 2.26. The van der Waals surface area contributed by atoms with Gasteiger partial charge < -0.3 is 10.2 Å². The van der Waals surface area contributed by atoms with Crippen molar-refractivity contribution in [3.05, 3.63) is 46.3 Å². The second kappa shape index (κ2) is 9.15. The van der Waals surface area contributed by atoms with Gasteiger partial charge in [-0.3, -0.25) is 4.79 Å². The first-order valence-electron chi connectivity index (χ1n) is 10.8. The number of rotatable bonds is 6. The molecular formula is C23H28N4O3S2. The lowest BCUT2D eigenvalue weighted by Gasteiger charge is -2.32. The SMILES string of the molecule is Cc1nc(N2CCC(C(=O)N[C@H](C)Cc3ccsc3)CC2)nc2cc(S(C)(=O)=O)ccc12. The molecule has 0 bridgehead atoms. The summed E-state index contributed by atoms with van der Waals surface area (Å²) in [5.74, 6) is 0.681. The van der Waals surface area contributed by atoms with Crippen LogP contribution < -0.4 is 10.2 Å². The van der Waals surface area contributed by atoms with Crippen molar-refractivity contribution in [2.24, 2.45) is 5.92 Å². The zero-order chi connectivity index (χ0) is 22.9. The van der Waals surface area contributed by atoms with Gasteiger partial charge in [0.05, 0.1) is 16.1 Å². The van der Waals surface area contributed by atoms with Crippen molar-refractivity contribution in [3.63, 3.8) is 0 Å². The van der Waals surface area contributed by atoms with Crippen molar-refractivity contribution in [1.82, 2.24) is 15.3 Å². The Kier molecular flexibility index (Phi) is 6.48. The first kappa shape index (κ1) is 22.7. The van der Waals surface area contributed by atoms with Gasteiger partial charge >= 0.3 is 0 Å². The van der Waals surface area contributed by atoms with Crippen LogP contribution in [0, 0.1) is 12.8 Å². The third-order valence-electron chi connectivity index (χ3n) is 5.93. The predicted octanol–water partition coefficient (Wildman–Crippen LogP) is 3.37. The van der Waals surface area contributed by atoms with Gasteiger partial charge in [0.25, 0.3) is 0 Å². The van der Waals surface area contributed by atoms with E-state index in [4.69, 9.17) is 0 Å². The van der Waals surface area contributed by atoms with E-state index in [0.29, 0.717) is 24.6 Å². The molecule has 1 aliphatic heterocycles. The maximum atomic E-state index is 12.7. The molecule has 1 N–H and O–H groups in total. The fourth-order valence-corrected chi connectivity index (χ4v) is 5.46. The Morgan fingerprint density at radius 1 is 1.25 bits per heavy atom. The lowest BCUT2D eigenvalue weighted by molar-refractivity contribution is -0.126. The van der Waals surface area contributed by atoms with Gasteiger partial charge in [0.15, 0.2) is 9.84 Å². The fraction of sp³-hybridized carbons (Fsp3) is 0.435. The van der Waals surface area contributed by atoms with Gasteiger partial charge in [-0.2, -0.15) is 11.3 Å². The van der Waals surface area contributed by atoms with Crippen molar-refractivity contribution in [2.45, 2.75) is 44.0 Å². The molecule has 1 saturated heterocycles. The average Bonchev–Trinajstić information content (AvgIpc) is 3.25. The molecule has 1 amide bonds. The zero-order valence-electron chi connectivity index (χ0n) is 18.5. The molecule has 1 fully saturated rings. The number of hydrogen-bond acceptors (Lipinski definition) is 7. The number of hydrogen-bond donors (Lipinski definition) is 1. The van der Waals surface area contributed by atoms with Crippen LogP contribution in [-0.4, -0.2) is 49.7 Å². The molecule has 1 atom stereocenters. The normalized spacial score (nSPS) is 16.3. The number of carbonyl (C=O) groups is 1. The van der Waals surface area contributed by atoms with Crippen LogP contribution in [-0.2, 0) is 21.1 Å². The summed E-state index contributed by atoms with van der Waals surface area (Å²) >= 11 is 1.67. The smallest absolute Gasteiger partial charge is 0.226 e. The van der Waals surface area contributed by atoms with E-state index in [0.717, 1.165) is 30.3 Å². The minimum absolute atomic E-state index is 0.0189. The van der Waals surface area contributed by atoms with Crippen molar-refractivity contribution in [1.29, 1.82) is 0 Å². The first-order chi connectivity index (χ1) is 15.2. The Labute approximate surface area is 192 Å².